The molecule has 0 amide bonds. The third-order valence-corrected chi connectivity index (χ3v) is 9.26. The Morgan fingerprint density at radius 3 is 1.76 bits per heavy atom. The van der Waals surface area contributed by atoms with Crippen molar-refractivity contribution in [1.29, 1.82) is 0 Å². The summed E-state index contributed by atoms with van der Waals surface area (Å²) in [6, 6.07) is 49.1. The van der Waals surface area contributed by atoms with Gasteiger partial charge < -0.3 is 8.83 Å². The van der Waals surface area contributed by atoms with Crippen LogP contribution in [0.15, 0.2) is 167 Å². The van der Waals surface area contributed by atoms with Gasteiger partial charge in [0.25, 0.3) is 0 Å². The highest BCUT2D eigenvalue weighted by atomic mass is 16.3. The Morgan fingerprint density at radius 2 is 0.980 bits per heavy atom. The number of rotatable bonds is 5. The van der Waals surface area contributed by atoms with Gasteiger partial charge >= 0.3 is 0 Å². The molecule has 0 aliphatic rings. The first-order chi connectivity index (χ1) is 24.8. The zero-order valence-electron chi connectivity index (χ0n) is 26.6. The molecular weight excluding hydrogens is 617 g/mol. The summed E-state index contributed by atoms with van der Waals surface area (Å²) in [7, 11) is 0. The third kappa shape index (κ3) is 4.65. The lowest BCUT2D eigenvalue weighted by Gasteiger charge is -2.11. The monoisotopic (exact) mass is 642 g/mol. The van der Waals surface area contributed by atoms with Crippen molar-refractivity contribution in [2.75, 3.05) is 0 Å². The summed E-state index contributed by atoms with van der Waals surface area (Å²) in [5, 5.41) is 4.11. The fourth-order valence-electron chi connectivity index (χ4n) is 6.82. The minimum Gasteiger partial charge on any atom is -0.456 e. The molecule has 4 aromatic heterocycles. The van der Waals surface area contributed by atoms with Crippen LogP contribution in [0.25, 0.3) is 100 Å². The molecule has 0 atom stereocenters. The molecule has 0 spiro atoms. The molecule has 50 heavy (non-hydrogen) atoms. The molecule has 6 aromatic carbocycles. The maximum Gasteiger partial charge on any atom is 0.164 e. The minimum absolute atomic E-state index is 0.574. The van der Waals surface area contributed by atoms with Gasteiger partial charge in [-0.25, -0.2) is 15.0 Å². The predicted molar refractivity (Wildman–Crippen MR) is 199 cm³/mol. The van der Waals surface area contributed by atoms with E-state index in [4.69, 9.17) is 23.8 Å². The molecule has 0 fully saturated rings. The maximum atomic E-state index is 6.67. The predicted octanol–water partition coefficient (Wildman–Crippen LogP) is 11.4. The molecule has 6 heteroatoms. The van der Waals surface area contributed by atoms with Gasteiger partial charge in [-0.1, -0.05) is 103 Å². The lowest BCUT2D eigenvalue weighted by atomic mass is 9.97. The van der Waals surface area contributed by atoms with E-state index >= 15 is 0 Å². The van der Waals surface area contributed by atoms with Gasteiger partial charge in [-0.2, -0.15) is 0 Å². The first kappa shape index (κ1) is 28.1. The van der Waals surface area contributed by atoms with E-state index in [0.717, 1.165) is 82.8 Å². The van der Waals surface area contributed by atoms with E-state index in [1.54, 1.807) is 6.20 Å². The van der Waals surface area contributed by atoms with E-state index in [2.05, 4.69) is 71.7 Å². The number of furan rings is 2. The van der Waals surface area contributed by atoms with Crippen molar-refractivity contribution in [3.05, 3.63) is 158 Å². The van der Waals surface area contributed by atoms with Crippen molar-refractivity contribution < 1.29 is 8.83 Å². The summed E-state index contributed by atoms with van der Waals surface area (Å²) >= 11 is 0. The molecule has 0 aliphatic carbocycles. The Kier molecular flexibility index (Phi) is 6.39. The Morgan fingerprint density at radius 1 is 0.380 bits per heavy atom. The van der Waals surface area contributed by atoms with Crippen molar-refractivity contribution >= 4 is 43.9 Å². The standard InChI is InChI=1S/C44H26N4O2/c1-2-9-28(10-3-1)42-46-43(29-18-16-27(17-19-29)31-11-8-24-45-26-31)48-44(47-42)35-22-21-32(41-40(35)34-13-5-7-15-38(34)50-41)30-20-23-39-36(25-30)33-12-4-6-14-37(33)49-39/h1-26H. The van der Waals surface area contributed by atoms with Crippen LogP contribution >= 0.6 is 0 Å². The Hall–Kier alpha value is -6.92. The Bertz CT molecular complexity index is 2860. The van der Waals surface area contributed by atoms with Crippen molar-refractivity contribution in [2.24, 2.45) is 0 Å². The molecule has 0 bridgehead atoms. The summed E-state index contributed by atoms with van der Waals surface area (Å²) in [5.41, 5.74) is 10.1. The third-order valence-electron chi connectivity index (χ3n) is 9.26. The zero-order chi connectivity index (χ0) is 33.0. The van der Waals surface area contributed by atoms with Crippen LogP contribution in [-0.2, 0) is 0 Å². The fraction of sp³-hybridized carbons (Fsp3) is 0. The molecule has 6 nitrogen and oxygen atoms in total. The number of para-hydroxylation sites is 2. The summed E-state index contributed by atoms with van der Waals surface area (Å²) < 4.78 is 12.8. The number of nitrogens with zero attached hydrogens (tertiary/aromatic N) is 4. The molecule has 0 aliphatic heterocycles. The minimum atomic E-state index is 0.574. The highest BCUT2D eigenvalue weighted by Crippen LogP contribution is 2.42. The normalized spacial score (nSPS) is 11.6. The number of fused-ring (bicyclic) bond motifs is 6. The number of aromatic nitrogens is 4. The van der Waals surface area contributed by atoms with Crippen LogP contribution < -0.4 is 0 Å². The van der Waals surface area contributed by atoms with Crippen molar-refractivity contribution in [1.82, 2.24) is 19.9 Å². The van der Waals surface area contributed by atoms with Crippen LogP contribution in [0.4, 0.5) is 0 Å². The second-order valence-corrected chi connectivity index (χ2v) is 12.3. The number of pyridine rings is 1. The largest absolute Gasteiger partial charge is 0.456 e. The van der Waals surface area contributed by atoms with Crippen LogP contribution in [0.1, 0.15) is 0 Å². The molecule has 0 saturated carbocycles. The van der Waals surface area contributed by atoms with Gasteiger partial charge in [0.15, 0.2) is 17.5 Å². The average Bonchev–Trinajstić information content (AvgIpc) is 3.77. The maximum absolute atomic E-state index is 6.67. The van der Waals surface area contributed by atoms with Crippen LogP contribution in [0.5, 0.6) is 0 Å². The van der Waals surface area contributed by atoms with Crippen LogP contribution in [0.3, 0.4) is 0 Å². The first-order valence-corrected chi connectivity index (χ1v) is 16.5. The smallest absolute Gasteiger partial charge is 0.164 e. The molecular formula is C44H26N4O2. The van der Waals surface area contributed by atoms with Gasteiger partial charge in [0.2, 0.25) is 0 Å². The Labute approximate surface area is 286 Å². The van der Waals surface area contributed by atoms with Gasteiger partial charge in [-0.05, 0) is 59.2 Å². The van der Waals surface area contributed by atoms with Gasteiger partial charge in [-0.15, -0.1) is 0 Å². The molecule has 0 unspecified atom stereocenters. The summed E-state index contributed by atoms with van der Waals surface area (Å²) in [6.45, 7) is 0. The summed E-state index contributed by atoms with van der Waals surface area (Å²) in [5.74, 6) is 1.77. The van der Waals surface area contributed by atoms with Crippen molar-refractivity contribution in [3.8, 4) is 56.4 Å². The fourth-order valence-corrected chi connectivity index (χ4v) is 6.82. The lowest BCUT2D eigenvalue weighted by molar-refractivity contribution is 0.668. The Balaban J connectivity index is 1.18. The highest BCUT2D eigenvalue weighted by Gasteiger charge is 2.21. The topological polar surface area (TPSA) is 77.8 Å². The quantitative estimate of drug-likeness (QED) is 0.186. The van der Waals surface area contributed by atoms with E-state index in [1.165, 1.54) is 0 Å². The number of hydrogen-bond donors (Lipinski definition) is 0. The van der Waals surface area contributed by atoms with E-state index < -0.39 is 0 Å². The van der Waals surface area contributed by atoms with Gasteiger partial charge in [0.05, 0.1) is 0 Å². The molecule has 4 heterocycles. The average molecular weight is 643 g/mol. The molecule has 234 valence electrons. The summed E-state index contributed by atoms with van der Waals surface area (Å²) in [4.78, 5) is 19.5. The number of hydrogen-bond acceptors (Lipinski definition) is 6. The summed E-state index contributed by atoms with van der Waals surface area (Å²) in [6.07, 6.45) is 3.64. The number of benzene rings is 6. The molecule has 0 saturated heterocycles. The van der Waals surface area contributed by atoms with Crippen LogP contribution in [0.2, 0.25) is 0 Å². The lowest BCUT2D eigenvalue weighted by Crippen LogP contribution is -2.00. The van der Waals surface area contributed by atoms with E-state index in [1.807, 2.05) is 85.1 Å². The molecule has 10 rings (SSSR count). The molecule has 10 aromatic rings. The molecule has 0 N–H and O–H groups in total. The van der Waals surface area contributed by atoms with E-state index in [0.29, 0.717) is 17.5 Å². The second-order valence-electron chi connectivity index (χ2n) is 12.3. The van der Waals surface area contributed by atoms with Crippen LogP contribution in [-0.4, -0.2) is 19.9 Å². The van der Waals surface area contributed by atoms with Gasteiger partial charge in [0, 0.05) is 56.2 Å². The van der Waals surface area contributed by atoms with Crippen molar-refractivity contribution in [2.45, 2.75) is 0 Å². The van der Waals surface area contributed by atoms with Crippen molar-refractivity contribution in [3.63, 3.8) is 0 Å². The highest BCUT2D eigenvalue weighted by molar-refractivity contribution is 6.16. The second kappa shape index (κ2) is 11.4. The van der Waals surface area contributed by atoms with E-state index in [9.17, 15) is 0 Å². The van der Waals surface area contributed by atoms with E-state index in [-0.39, 0.29) is 0 Å². The van der Waals surface area contributed by atoms with Gasteiger partial charge in [-0.3, -0.25) is 4.98 Å². The van der Waals surface area contributed by atoms with Crippen LogP contribution in [0, 0.1) is 0 Å². The SMILES string of the molecule is c1ccc(-c2nc(-c3ccc(-c4cccnc4)cc3)nc(-c3ccc(-c4ccc5oc6ccccc6c5c4)c4oc5ccccc5c34)n2)cc1. The zero-order valence-corrected chi connectivity index (χ0v) is 26.6. The molecule has 0 radical (unpaired) electrons. The first-order valence-electron chi connectivity index (χ1n) is 16.5. The van der Waals surface area contributed by atoms with Gasteiger partial charge in [0.1, 0.15) is 22.3 Å².